The Morgan fingerprint density at radius 1 is 0.912 bits per heavy atom. The second-order valence-corrected chi connectivity index (χ2v) is 8.62. The van der Waals surface area contributed by atoms with E-state index in [0.717, 1.165) is 31.6 Å². The standard InChI is InChI=1S/C21H20Cl2N4O7/c1-24-19(31)25(9-16(28)34-2)21(33)27(20(24)32)15-8-14(12(22)7-13(15)23)26-17(29)10-5-3-4-6-11(10)18(26)30/h7-8,29-30H,3-6,9H2,1-2H3. The monoisotopic (exact) mass is 510 g/mol. The SMILES string of the molecule is COC(=O)Cn1c(=O)n(C)c(=O)n(-c2cc(-n3c(O)c4c(c3O)CCCC4)c(Cl)cc2Cl)c1=O. The number of aromatic hydroxyl groups is 2. The van der Waals surface area contributed by atoms with Crippen LogP contribution in [0.15, 0.2) is 26.5 Å². The number of nitrogens with zero attached hydrogens (tertiary/aromatic N) is 4. The lowest BCUT2D eigenvalue weighted by Crippen LogP contribution is -2.53. The molecule has 4 rings (SSSR count). The molecule has 0 bridgehead atoms. The highest BCUT2D eigenvalue weighted by molar-refractivity contribution is 6.37. The molecule has 0 aliphatic heterocycles. The van der Waals surface area contributed by atoms with Crippen LogP contribution in [0.5, 0.6) is 11.8 Å². The average molecular weight is 511 g/mol. The van der Waals surface area contributed by atoms with Crippen LogP contribution < -0.4 is 17.1 Å². The fourth-order valence-corrected chi connectivity index (χ4v) is 4.65. The van der Waals surface area contributed by atoms with Crippen LogP contribution in [0.2, 0.25) is 10.0 Å². The Balaban J connectivity index is 2.01. The minimum absolute atomic E-state index is 0.0273. The van der Waals surface area contributed by atoms with Crippen LogP contribution in [0.25, 0.3) is 11.4 Å². The smallest absolute Gasteiger partial charge is 0.341 e. The van der Waals surface area contributed by atoms with Crippen molar-refractivity contribution in [2.45, 2.75) is 32.2 Å². The van der Waals surface area contributed by atoms with Gasteiger partial charge in [0.2, 0.25) is 11.8 Å². The predicted octanol–water partition coefficient (Wildman–Crippen LogP) is 1.26. The summed E-state index contributed by atoms with van der Waals surface area (Å²) < 4.78 is 7.42. The summed E-state index contributed by atoms with van der Waals surface area (Å²) in [6.07, 6.45) is 2.82. The fraction of sp³-hybridized carbons (Fsp3) is 0.333. The summed E-state index contributed by atoms with van der Waals surface area (Å²) in [6.45, 7) is -0.730. The Hall–Kier alpha value is -3.44. The normalized spacial score (nSPS) is 13.1. The van der Waals surface area contributed by atoms with E-state index in [0.29, 0.717) is 37.7 Å². The van der Waals surface area contributed by atoms with Gasteiger partial charge >= 0.3 is 23.0 Å². The summed E-state index contributed by atoms with van der Waals surface area (Å²) in [4.78, 5) is 50.2. The van der Waals surface area contributed by atoms with Gasteiger partial charge in [0.25, 0.3) is 0 Å². The van der Waals surface area contributed by atoms with Gasteiger partial charge in [-0.25, -0.2) is 32.7 Å². The summed E-state index contributed by atoms with van der Waals surface area (Å²) in [5.41, 5.74) is -2.09. The Morgan fingerprint density at radius 3 is 1.97 bits per heavy atom. The Morgan fingerprint density at radius 2 is 1.44 bits per heavy atom. The fourth-order valence-electron chi connectivity index (χ4n) is 4.10. The molecule has 180 valence electrons. The molecule has 0 amide bonds. The van der Waals surface area contributed by atoms with Crippen LogP contribution in [-0.2, 0) is 36.0 Å². The van der Waals surface area contributed by atoms with Gasteiger partial charge in [-0.05, 0) is 37.8 Å². The van der Waals surface area contributed by atoms with Crippen LogP contribution >= 0.6 is 23.2 Å². The van der Waals surface area contributed by atoms with E-state index in [1.807, 2.05) is 0 Å². The zero-order valence-corrected chi connectivity index (χ0v) is 19.7. The molecule has 2 aromatic heterocycles. The summed E-state index contributed by atoms with van der Waals surface area (Å²) in [5.74, 6) is -1.29. The molecular formula is C21H20Cl2N4O7. The lowest BCUT2D eigenvalue weighted by molar-refractivity contribution is -0.141. The van der Waals surface area contributed by atoms with E-state index in [2.05, 4.69) is 4.74 Å². The highest BCUT2D eigenvalue weighted by Crippen LogP contribution is 2.43. The first-order chi connectivity index (χ1) is 16.1. The lowest BCUT2D eigenvalue weighted by atomic mass is 9.95. The summed E-state index contributed by atoms with van der Waals surface area (Å²) in [7, 11) is 2.22. The number of methoxy groups -OCH3 is 1. The number of rotatable bonds is 4. The van der Waals surface area contributed by atoms with Crippen molar-refractivity contribution in [1.29, 1.82) is 0 Å². The molecular weight excluding hydrogens is 491 g/mol. The molecule has 1 aromatic carbocycles. The topological polar surface area (TPSA) is 138 Å². The largest absolute Gasteiger partial charge is 0.494 e. The zero-order chi connectivity index (χ0) is 24.9. The molecule has 0 fully saturated rings. The van der Waals surface area contributed by atoms with Crippen LogP contribution in [0.1, 0.15) is 24.0 Å². The number of esters is 1. The molecule has 0 atom stereocenters. The van der Waals surface area contributed by atoms with Crippen molar-refractivity contribution < 1.29 is 19.7 Å². The van der Waals surface area contributed by atoms with E-state index in [9.17, 15) is 29.4 Å². The number of ether oxygens (including phenoxy) is 1. The van der Waals surface area contributed by atoms with Crippen molar-refractivity contribution in [3.05, 3.63) is 64.8 Å². The first-order valence-corrected chi connectivity index (χ1v) is 11.0. The highest BCUT2D eigenvalue weighted by atomic mass is 35.5. The van der Waals surface area contributed by atoms with Crippen molar-refractivity contribution in [2.24, 2.45) is 7.05 Å². The van der Waals surface area contributed by atoms with E-state index >= 15 is 0 Å². The molecule has 34 heavy (non-hydrogen) atoms. The summed E-state index contributed by atoms with van der Waals surface area (Å²) in [6, 6.07) is 2.48. The van der Waals surface area contributed by atoms with E-state index in [-0.39, 0.29) is 33.2 Å². The third-order valence-corrected chi connectivity index (χ3v) is 6.47. The Kier molecular flexibility index (Phi) is 6.09. The average Bonchev–Trinajstić information content (AvgIpc) is 3.07. The quantitative estimate of drug-likeness (QED) is 0.503. The van der Waals surface area contributed by atoms with Crippen molar-refractivity contribution in [3.8, 4) is 23.1 Å². The van der Waals surface area contributed by atoms with Crippen LogP contribution in [0.3, 0.4) is 0 Å². The maximum atomic E-state index is 13.1. The molecule has 0 unspecified atom stereocenters. The van der Waals surface area contributed by atoms with Gasteiger partial charge in [-0.2, -0.15) is 0 Å². The number of fused-ring (bicyclic) bond motifs is 1. The van der Waals surface area contributed by atoms with E-state index < -0.39 is 29.6 Å². The molecule has 3 aromatic rings. The molecule has 1 aliphatic carbocycles. The van der Waals surface area contributed by atoms with Gasteiger partial charge in [0, 0.05) is 18.2 Å². The second-order valence-electron chi connectivity index (χ2n) is 7.81. The maximum absolute atomic E-state index is 13.1. The predicted molar refractivity (Wildman–Crippen MR) is 123 cm³/mol. The zero-order valence-electron chi connectivity index (χ0n) is 18.2. The number of halogens is 2. The second kappa shape index (κ2) is 8.73. The molecule has 0 radical (unpaired) electrons. The number of hydrogen-bond acceptors (Lipinski definition) is 7. The molecule has 13 heteroatoms. The number of aromatic nitrogens is 4. The molecule has 0 saturated carbocycles. The van der Waals surface area contributed by atoms with Gasteiger partial charge in [0.05, 0.1) is 28.5 Å². The molecule has 2 heterocycles. The van der Waals surface area contributed by atoms with Gasteiger partial charge < -0.3 is 14.9 Å². The molecule has 0 saturated heterocycles. The molecule has 11 nitrogen and oxygen atoms in total. The number of hydrogen-bond donors (Lipinski definition) is 2. The maximum Gasteiger partial charge on any atom is 0.341 e. The summed E-state index contributed by atoms with van der Waals surface area (Å²) in [5, 5.41) is 21.5. The minimum atomic E-state index is -1.13. The lowest BCUT2D eigenvalue weighted by Gasteiger charge is -2.15. The molecule has 1 aliphatic rings. The van der Waals surface area contributed by atoms with Gasteiger partial charge in [0.1, 0.15) is 6.54 Å². The van der Waals surface area contributed by atoms with Crippen LogP contribution in [0.4, 0.5) is 0 Å². The Bertz CT molecular complexity index is 1480. The van der Waals surface area contributed by atoms with E-state index in [4.69, 9.17) is 23.2 Å². The van der Waals surface area contributed by atoms with Gasteiger partial charge in [-0.15, -0.1) is 0 Å². The number of carbonyl (C=O) groups excluding carboxylic acids is 1. The first-order valence-electron chi connectivity index (χ1n) is 10.2. The minimum Gasteiger partial charge on any atom is -0.494 e. The van der Waals surface area contributed by atoms with Gasteiger partial charge in [0.15, 0.2) is 0 Å². The number of carbonyl (C=O) groups is 1. The van der Waals surface area contributed by atoms with Crippen molar-refractivity contribution in [1.82, 2.24) is 18.3 Å². The first kappa shape index (κ1) is 23.7. The Labute approximate surface area is 201 Å². The van der Waals surface area contributed by atoms with Crippen molar-refractivity contribution >= 4 is 29.2 Å². The third kappa shape index (κ3) is 3.61. The van der Waals surface area contributed by atoms with Gasteiger partial charge in [-0.1, -0.05) is 23.2 Å². The van der Waals surface area contributed by atoms with Crippen LogP contribution in [0, 0.1) is 0 Å². The van der Waals surface area contributed by atoms with Gasteiger partial charge in [-0.3, -0.25) is 4.79 Å². The highest BCUT2D eigenvalue weighted by Gasteiger charge is 2.27. The van der Waals surface area contributed by atoms with E-state index in [1.165, 1.54) is 12.1 Å². The van der Waals surface area contributed by atoms with Crippen molar-refractivity contribution in [3.63, 3.8) is 0 Å². The molecule has 0 spiro atoms. The third-order valence-electron chi connectivity index (χ3n) is 5.86. The van der Waals surface area contributed by atoms with Crippen molar-refractivity contribution in [2.75, 3.05) is 7.11 Å². The molecule has 2 N–H and O–H groups in total. The van der Waals surface area contributed by atoms with Crippen LogP contribution in [-0.4, -0.2) is 41.6 Å². The summed E-state index contributed by atoms with van der Waals surface area (Å²) >= 11 is 12.7. The van der Waals surface area contributed by atoms with E-state index in [1.54, 1.807) is 0 Å². The number of benzene rings is 1.